The highest BCUT2D eigenvalue weighted by atomic mass is 32.2. The Morgan fingerprint density at radius 1 is 1.13 bits per heavy atom. The Morgan fingerprint density at radius 2 is 1.90 bits per heavy atom. The topological polar surface area (TPSA) is 59.8 Å². The van der Waals surface area contributed by atoms with Gasteiger partial charge in [-0.3, -0.25) is 9.59 Å². The maximum Gasteiger partial charge on any atom is 0.291 e. The number of amides is 1. The minimum absolute atomic E-state index is 0.0141. The summed E-state index contributed by atoms with van der Waals surface area (Å²) in [6.45, 7) is 5.04. The van der Waals surface area contributed by atoms with Crippen LogP contribution in [0.5, 0.6) is 0 Å². The summed E-state index contributed by atoms with van der Waals surface area (Å²) in [5.74, 6) is -0.0676. The summed E-state index contributed by atoms with van der Waals surface area (Å²) >= 11 is 1.66. The molecule has 2 aliphatic rings. The van der Waals surface area contributed by atoms with Gasteiger partial charge < -0.3 is 14.1 Å². The van der Waals surface area contributed by atoms with Crippen molar-refractivity contribution in [1.82, 2.24) is 4.90 Å². The zero-order chi connectivity index (χ0) is 21.7. The summed E-state index contributed by atoms with van der Waals surface area (Å²) in [5, 5.41) is 0.557. The Morgan fingerprint density at radius 3 is 2.58 bits per heavy atom. The van der Waals surface area contributed by atoms with Gasteiger partial charge >= 0.3 is 0 Å². The Hall–Kier alpha value is -2.57. The number of fused-ring (bicyclic) bond motifs is 2. The van der Waals surface area contributed by atoms with Crippen LogP contribution >= 0.6 is 11.8 Å². The highest BCUT2D eigenvalue weighted by Gasteiger charge is 2.44. The van der Waals surface area contributed by atoms with E-state index in [0.29, 0.717) is 29.7 Å². The molecule has 1 saturated heterocycles. The molecule has 2 aliphatic heterocycles. The van der Waals surface area contributed by atoms with Crippen LogP contribution in [0.4, 0.5) is 0 Å². The number of rotatable bonds is 4. The first-order valence-corrected chi connectivity index (χ1v) is 11.8. The van der Waals surface area contributed by atoms with E-state index in [0.717, 1.165) is 34.4 Å². The summed E-state index contributed by atoms with van der Waals surface area (Å²) in [4.78, 5) is 30.1. The second-order valence-corrected chi connectivity index (χ2v) is 9.28. The largest absolute Gasteiger partial charge is 0.450 e. The van der Waals surface area contributed by atoms with E-state index in [-0.39, 0.29) is 23.2 Å². The van der Waals surface area contributed by atoms with Gasteiger partial charge in [-0.15, -0.1) is 11.8 Å². The third-order valence-electron chi connectivity index (χ3n) is 6.27. The van der Waals surface area contributed by atoms with Crippen molar-refractivity contribution in [3.8, 4) is 0 Å². The molecule has 160 valence electrons. The van der Waals surface area contributed by atoms with Gasteiger partial charge in [0.25, 0.3) is 5.91 Å². The van der Waals surface area contributed by atoms with Crippen molar-refractivity contribution in [2.45, 2.75) is 43.7 Å². The van der Waals surface area contributed by atoms with Crippen LogP contribution in [0.25, 0.3) is 11.0 Å². The second kappa shape index (κ2) is 7.84. The Bertz CT molecular complexity index is 1220. The van der Waals surface area contributed by atoms with Crippen LogP contribution in [0.2, 0.25) is 0 Å². The summed E-state index contributed by atoms with van der Waals surface area (Å²) in [6, 6.07) is 11.4. The molecule has 0 saturated carbocycles. The smallest absolute Gasteiger partial charge is 0.291 e. The number of carbonyl (C=O) groups excluding carboxylic acids is 1. The van der Waals surface area contributed by atoms with Crippen LogP contribution in [0.3, 0.4) is 0 Å². The monoisotopic (exact) mass is 435 g/mol. The predicted molar refractivity (Wildman–Crippen MR) is 122 cm³/mol. The van der Waals surface area contributed by atoms with E-state index in [1.54, 1.807) is 16.7 Å². The minimum atomic E-state index is -0.469. The number of thioether (sulfide) groups is 1. The molecule has 0 N–H and O–H groups in total. The van der Waals surface area contributed by atoms with Gasteiger partial charge in [-0.05, 0) is 67.8 Å². The van der Waals surface area contributed by atoms with Crippen LogP contribution in [0.1, 0.15) is 51.7 Å². The van der Waals surface area contributed by atoms with Crippen LogP contribution in [-0.4, -0.2) is 36.3 Å². The highest BCUT2D eigenvalue weighted by Crippen LogP contribution is 2.39. The average Bonchev–Trinajstić information content (AvgIpc) is 3.35. The number of carbonyl (C=O) groups is 1. The molecule has 0 aliphatic carbocycles. The molecular formula is C25H25NO4S. The summed E-state index contributed by atoms with van der Waals surface area (Å²) in [5.41, 5.74) is 3.59. The highest BCUT2D eigenvalue weighted by molar-refractivity contribution is 7.98. The maximum atomic E-state index is 13.7. The van der Waals surface area contributed by atoms with E-state index in [2.05, 4.69) is 0 Å². The van der Waals surface area contributed by atoms with Crippen molar-refractivity contribution < 1.29 is 13.9 Å². The molecule has 1 fully saturated rings. The fourth-order valence-corrected chi connectivity index (χ4v) is 5.25. The van der Waals surface area contributed by atoms with Crippen LogP contribution in [0.15, 0.2) is 50.5 Å². The van der Waals surface area contributed by atoms with Crippen LogP contribution in [0, 0.1) is 13.8 Å². The van der Waals surface area contributed by atoms with Gasteiger partial charge in [-0.2, -0.15) is 0 Å². The van der Waals surface area contributed by atoms with Crippen LogP contribution < -0.4 is 5.43 Å². The van der Waals surface area contributed by atoms with Crippen LogP contribution in [-0.2, 0) is 4.74 Å². The van der Waals surface area contributed by atoms with Gasteiger partial charge in [0.2, 0.25) is 5.76 Å². The minimum Gasteiger partial charge on any atom is -0.450 e. The van der Waals surface area contributed by atoms with E-state index in [1.165, 1.54) is 0 Å². The molecule has 3 aromatic rings. The molecule has 5 rings (SSSR count). The molecule has 1 amide bonds. The van der Waals surface area contributed by atoms with Gasteiger partial charge in [-0.25, -0.2) is 0 Å². The molecule has 0 spiro atoms. The summed E-state index contributed by atoms with van der Waals surface area (Å²) in [6.07, 6.45) is 3.92. The molecule has 2 aromatic carbocycles. The molecule has 2 atom stereocenters. The third kappa shape index (κ3) is 3.38. The maximum absolute atomic E-state index is 13.7. The molecule has 6 heteroatoms. The second-order valence-electron chi connectivity index (χ2n) is 8.40. The van der Waals surface area contributed by atoms with Crippen molar-refractivity contribution in [3.63, 3.8) is 0 Å². The number of benzene rings is 2. The Labute approximate surface area is 185 Å². The van der Waals surface area contributed by atoms with Gasteiger partial charge in [0.05, 0.1) is 23.1 Å². The fraction of sp³-hybridized carbons (Fsp3) is 0.360. The van der Waals surface area contributed by atoms with E-state index >= 15 is 0 Å². The molecule has 0 radical (unpaired) electrons. The van der Waals surface area contributed by atoms with Crippen molar-refractivity contribution in [2.75, 3.05) is 19.4 Å². The number of hydrogen-bond donors (Lipinski definition) is 0. The average molecular weight is 436 g/mol. The standard InChI is InChI=1S/C25H25NO4S/c1-14-11-15(2)20-19(12-14)30-24-21(23(20)27)22(16-6-8-18(31-3)9-7-16)26(25(24)28)13-17-5-4-10-29-17/h6-9,11-12,17,22H,4-5,10,13H2,1-3H3/t17-,22+/m1/s1. The molecule has 3 heterocycles. The van der Waals surface area contributed by atoms with E-state index in [1.807, 2.05) is 56.5 Å². The normalized spacial score (nSPS) is 20.6. The quantitative estimate of drug-likeness (QED) is 0.548. The lowest BCUT2D eigenvalue weighted by molar-refractivity contribution is 0.0486. The first-order chi connectivity index (χ1) is 15.0. The molecule has 0 bridgehead atoms. The molecular weight excluding hydrogens is 410 g/mol. The van der Waals surface area contributed by atoms with E-state index in [9.17, 15) is 9.59 Å². The first-order valence-electron chi connectivity index (χ1n) is 10.6. The summed E-state index contributed by atoms with van der Waals surface area (Å²) < 4.78 is 11.9. The van der Waals surface area contributed by atoms with Gasteiger partial charge in [0.15, 0.2) is 5.43 Å². The molecule has 0 unspecified atom stereocenters. The zero-order valence-corrected chi connectivity index (χ0v) is 18.8. The van der Waals surface area contributed by atoms with Gasteiger partial charge in [0.1, 0.15) is 5.58 Å². The number of nitrogens with zero attached hydrogens (tertiary/aromatic N) is 1. The van der Waals surface area contributed by atoms with Gasteiger partial charge in [-0.1, -0.05) is 18.2 Å². The Balaban J connectivity index is 1.71. The number of ether oxygens (including phenoxy) is 1. The van der Waals surface area contributed by atoms with Gasteiger partial charge in [0, 0.05) is 18.0 Å². The van der Waals surface area contributed by atoms with E-state index < -0.39 is 6.04 Å². The lowest BCUT2D eigenvalue weighted by Crippen LogP contribution is -2.36. The fourth-order valence-electron chi connectivity index (χ4n) is 4.84. The molecule has 1 aromatic heterocycles. The van der Waals surface area contributed by atoms with Crippen molar-refractivity contribution >= 4 is 28.6 Å². The molecule has 5 nitrogen and oxygen atoms in total. The SMILES string of the molecule is CSc1ccc([C@H]2c3c(oc4cc(C)cc(C)c4c3=O)C(=O)N2C[C@H]2CCCO2)cc1. The number of hydrogen-bond acceptors (Lipinski definition) is 5. The van der Waals surface area contributed by atoms with E-state index in [4.69, 9.17) is 9.15 Å². The van der Waals surface area contributed by atoms with Crippen molar-refractivity contribution in [1.29, 1.82) is 0 Å². The lowest BCUT2D eigenvalue weighted by Gasteiger charge is -2.27. The zero-order valence-electron chi connectivity index (χ0n) is 17.9. The number of aryl methyl sites for hydroxylation is 2. The van der Waals surface area contributed by atoms with Crippen molar-refractivity contribution in [3.05, 3.63) is 74.6 Å². The third-order valence-corrected chi connectivity index (χ3v) is 7.01. The predicted octanol–water partition coefficient (Wildman–Crippen LogP) is 4.86. The molecule has 31 heavy (non-hydrogen) atoms. The first kappa shape index (κ1) is 20.3. The Kier molecular flexibility index (Phi) is 5.15. The lowest BCUT2D eigenvalue weighted by atomic mass is 9.97. The van der Waals surface area contributed by atoms with Crippen molar-refractivity contribution in [2.24, 2.45) is 0 Å². The summed E-state index contributed by atoms with van der Waals surface area (Å²) in [7, 11) is 0.